The molecule has 1 aromatic rings. The highest BCUT2D eigenvalue weighted by Crippen LogP contribution is 2.32. The molecule has 1 amide bonds. The largest absolute Gasteiger partial charge is 0.356 e. The number of carbonyl (C=O) groups excluding carboxylic acids is 1. The molecule has 2 rings (SSSR count). The van der Waals surface area contributed by atoms with Crippen LogP contribution in [0.25, 0.3) is 0 Å². The van der Waals surface area contributed by atoms with Gasteiger partial charge in [-0.05, 0) is 30.9 Å². The summed E-state index contributed by atoms with van der Waals surface area (Å²) in [5.74, 6) is -0.118. The van der Waals surface area contributed by atoms with E-state index in [1.165, 1.54) is 0 Å². The number of amides is 1. The van der Waals surface area contributed by atoms with E-state index in [9.17, 15) is 13.2 Å². The van der Waals surface area contributed by atoms with Gasteiger partial charge in [0.1, 0.15) is 0 Å². The molecule has 1 fully saturated rings. The molecule has 0 aliphatic carbocycles. The molecule has 1 aliphatic rings. The minimum Gasteiger partial charge on any atom is -0.356 e. The summed E-state index contributed by atoms with van der Waals surface area (Å²) in [6.45, 7) is 2.47. The monoisotopic (exact) mass is 283 g/mol. The van der Waals surface area contributed by atoms with Crippen molar-refractivity contribution in [3.05, 3.63) is 29.3 Å². The molecule has 104 valence electrons. The van der Waals surface area contributed by atoms with Crippen molar-refractivity contribution in [2.75, 3.05) is 13.7 Å². The first-order chi connectivity index (χ1) is 8.94. The maximum Gasteiger partial charge on any atom is 0.296 e. The second-order valence-corrected chi connectivity index (χ2v) is 6.38. The van der Waals surface area contributed by atoms with E-state index < -0.39 is 10.1 Å². The molecule has 1 aromatic carbocycles. The molecule has 0 saturated carbocycles. The van der Waals surface area contributed by atoms with Gasteiger partial charge in [0, 0.05) is 13.0 Å². The third kappa shape index (κ3) is 2.96. The van der Waals surface area contributed by atoms with E-state index in [0.29, 0.717) is 18.5 Å². The molecule has 1 atom stereocenters. The van der Waals surface area contributed by atoms with Crippen LogP contribution in [0.4, 0.5) is 0 Å². The van der Waals surface area contributed by atoms with E-state index in [-0.39, 0.29) is 16.7 Å². The summed E-state index contributed by atoms with van der Waals surface area (Å²) in [4.78, 5) is 11.6. The van der Waals surface area contributed by atoms with E-state index in [4.69, 9.17) is 0 Å². The van der Waals surface area contributed by atoms with Crippen molar-refractivity contribution in [1.29, 1.82) is 0 Å². The third-order valence-electron chi connectivity index (χ3n) is 3.34. The summed E-state index contributed by atoms with van der Waals surface area (Å²) in [7, 11) is -2.60. The van der Waals surface area contributed by atoms with Gasteiger partial charge in [-0.3, -0.25) is 8.98 Å². The Labute approximate surface area is 113 Å². The molecule has 5 nitrogen and oxygen atoms in total. The summed E-state index contributed by atoms with van der Waals surface area (Å²) < 4.78 is 28.5. The van der Waals surface area contributed by atoms with Crippen molar-refractivity contribution in [3.63, 3.8) is 0 Å². The van der Waals surface area contributed by atoms with Crippen molar-refractivity contribution >= 4 is 16.0 Å². The first-order valence-corrected chi connectivity index (χ1v) is 7.53. The van der Waals surface area contributed by atoms with Crippen LogP contribution in [0.2, 0.25) is 0 Å². The van der Waals surface area contributed by atoms with Crippen LogP contribution in [0, 0.1) is 6.92 Å². The summed E-state index contributed by atoms with van der Waals surface area (Å²) in [5.41, 5.74) is 1.65. The molecule has 1 heterocycles. The van der Waals surface area contributed by atoms with Gasteiger partial charge in [-0.2, -0.15) is 8.42 Å². The summed E-state index contributed by atoms with van der Waals surface area (Å²) in [6.07, 6.45) is 1.05. The Morgan fingerprint density at radius 3 is 2.74 bits per heavy atom. The number of carbonyl (C=O) groups is 1. The molecular formula is C13H17NO4S. The molecule has 6 heteroatoms. The van der Waals surface area contributed by atoms with E-state index in [2.05, 4.69) is 9.50 Å². The van der Waals surface area contributed by atoms with Crippen molar-refractivity contribution < 1.29 is 17.4 Å². The standard InChI is InChI=1S/C13H17NO4S/c1-9-3-4-12(19(16,17)18-2)11(7-9)10-5-6-14-13(15)8-10/h3-4,7,10H,5-6,8H2,1-2H3,(H,14,15). The van der Waals surface area contributed by atoms with Crippen LogP contribution in [0.1, 0.15) is 29.9 Å². The van der Waals surface area contributed by atoms with Gasteiger partial charge in [0.25, 0.3) is 10.1 Å². The smallest absolute Gasteiger partial charge is 0.296 e. The number of rotatable bonds is 3. The van der Waals surface area contributed by atoms with E-state index in [1.54, 1.807) is 12.1 Å². The number of nitrogens with one attached hydrogen (secondary N) is 1. The first-order valence-electron chi connectivity index (χ1n) is 6.12. The van der Waals surface area contributed by atoms with Gasteiger partial charge in [-0.15, -0.1) is 0 Å². The van der Waals surface area contributed by atoms with Gasteiger partial charge >= 0.3 is 0 Å². The fourth-order valence-electron chi connectivity index (χ4n) is 2.35. The van der Waals surface area contributed by atoms with Gasteiger partial charge in [0.15, 0.2) is 0 Å². The average molecular weight is 283 g/mol. The Hall–Kier alpha value is -1.40. The second-order valence-electron chi connectivity index (χ2n) is 4.70. The SMILES string of the molecule is COS(=O)(=O)c1ccc(C)cc1C1CCNC(=O)C1. The highest BCUT2D eigenvalue weighted by Gasteiger charge is 2.27. The number of benzene rings is 1. The Morgan fingerprint density at radius 1 is 1.37 bits per heavy atom. The van der Waals surface area contributed by atoms with Gasteiger partial charge in [0.2, 0.25) is 5.91 Å². The Kier molecular flexibility index (Phi) is 3.91. The minimum absolute atomic E-state index is 0.0430. The van der Waals surface area contributed by atoms with Crippen LogP contribution in [0.15, 0.2) is 23.1 Å². The molecular weight excluding hydrogens is 266 g/mol. The zero-order valence-electron chi connectivity index (χ0n) is 11.0. The molecule has 1 saturated heterocycles. The van der Waals surface area contributed by atoms with Crippen LogP contribution in [0.3, 0.4) is 0 Å². The predicted molar refractivity (Wildman–Crippen MR) is 70.4 cm³/mol. The molecule has 0 aromatic heterocycles. The number of hydrogen-bond donors (Lipinski definition) is 1. The maximum absolute atomic E-state index is 11.9. The van der Waals surface area contributed by atoms with Gasteiger partial charge in [-0.25, -0.2) is 0 Å². The Morgan fingerprint density at radius 2 is 2.11 bits per heavy atom. The highest BCUT2D eigenvalue weighted by atomic mass is 32.2. The summed E-state index contributed by atoms with van der Waals surface area (Å²) in [5, 5.41) is 2.75. The quantitative estimate of drug-likeness (QED) is 0.849. The van der Waals surface area contributed by atoms with Crippen LogP contribution in [-0.2, 0) is 19.1 Å². The minimum atomic E-state index is -3.74. The van der Waals surface area contributed by atoms with E-state index >= 15 is 0 Å². The number of aryl methyl sites for hydroxylation is 1. The average Bonchev–Trinajstić information content (AvgIpc) is 2.38. The summed E-state index contributed by atoms with van der Waals surface area (Å²) in [6, 6.07) is 5.11. The lowest BCUT2D eigenvalue weighted by molar-refractivity contribution is -0.122. The molecule has 0 spiro atoms. The van der Waals surface area contributed by atoms with Crippen molar-refractivity contribution in [2.24, 2.45) is 0 Å². The number of piperidine rings is 1. The lowest BCUT2D eigenvalue weighted by Gasteiger charge is -2.24. The fraction of sp³-hybridized carbons (Fsp3) is 0.462. The molecule has 0 bridgehead atoms. The van der Waals surface area contributed by atoms with Crippen molar-refractivity contribution in [2.45, 2.75) is 30.6 Å². The highest BCUT2D eigenvalue weighted by molar-refractivity contribution is 7.86. The Bertz CT molecular complexity index is 595. The lowest BCUT2D eigenvalue weighted by atomic mass is 9.89. The van der Waals surface area contributed by atoms with Gasteiger partial charge in [-0.1, -0.05) is 17.7 Å². The van der Waals surface area contributed by atoms with Crippen LogP contribution in [-0.4, -0.2) is 28.0 Å². The molecule has 1 unspecified atom stereocenters. The van der Waals surface area contributed by atoms with Crippen LogP contribution >= 0.6 is 0 Å². The predicted octanol–water partition coefficient (Wildman–Crippen LogP) is 1.32. The van der Waals surface area contributed by atoms with Crippen molar-refractivity contribution in [1.82, 2.24) is 5.32 Å². The molecule has 19 heavy (non-hydrogen) atoms. The second kappa shape index (κ2) is 5.30. The van der Waals surface area contributed by atoms with Gasteiger partial charge in [0.05, 0.1) is 12.0 Å². The third-order valence-corrected chi connectivity index (χ3v) is 4.69. The van der Waals surface area contributed by atoms with Gasteiger partial charge < -0.3 is 5.32 Å². The fourth-order valence-corrected chi connectivity index (χ4v) is 3.28. The Balaban J connectivity index is 2.49. The molecule has 1 aliphatic heterocycles. The molecule has 0 radical (unpaired) electrons. The lowest BCUT2D eigenvalue weighted by Crippen LogP contribution is -2.33. The number of hydrogen-bond acceptors (Lipinski definition) is 4. The normalized spacial score (nSPS) is 20.1. The molecule has 1 N–H and O–H groups in total. The topological polar surface area (TPSA) is 72.5 Å². The van der Waals surface area contributed by atoms with Crippen LogP contribution in [0.5, 0.6) is 0 Å². The maximum atomic E-state index is 11.9. The zero-order valence-corrected chi connectivity index (χ0v) is 11.8. The van der Waals surface area contributed by atoms with Crippen molar-refractivity contribution in [3.8, 4) is 0 Å². The zero-order chi connectivity index (χ0) is 14.0. The van der Waals surface area contributed by atoms with E-state index in [1.807, 2.05) is 13.0 Å². The van der Waals surface area contributed by atoms with E-state index in [0.717, 1.165) is 19.1 Å². The van der Waals surface area contributed by atoms with Crippen LogP contribution < -0.4 is 5.32 Å². The summed E-state index contributed by atoms with van der Waals surface area (Å²) >= 11 is 0. The first kappa shape index (κ1) is 14.0.